The number of rotatable bonds is 6. The third-order valence-corrected chi connectivity index (χ3v) is 5.16. The van der Waals surface area contributed by atoms with Gasteiger partial charge in [0.2, 0.25) is 0 Å². The number of fused-ring (bicyclic) bond motifs is 1. The molecule has 0 saturated heterocycles. The smallest absolute Gasteiger partial charge is 0.270 e. The first-order valence-electron chi connectivity index (χ1n) is 9.75. The highest BCUT2D eigenvalue weighted by atomic mass is 19.1. The molecule has 1 N–H and O–H groups in total. The number of nitrogens with zero attached hydrogens (tertiary/aromatic N) is 2. The minimum absolute atomic E-state index is 0.160. The Morgan fingerprint density at radius 2 is 1.90 bits per heavy atom. The van der Waals surface area contributed by atoms with Gasteiger partial charge in [0.05, 0.1) is 25.4 Å². The Kier molecular flexibility index (Phi) is 5.09. The van der Waals surface area contributed by atoms with Gasteiger partial charge in [-0.1, -0.05) is 44.2 Å². The summed E-state index contributed by atoms with van der Waals surface area (Å²) in [5, 5.41) is 7.86. The lowest BCUT2D eigenvalue weighted by atomic mass is 9.96. The van der Waals surface area contributed by atoms with Crippen molar-refractivity contribution in [2.45, 2.75) is 32.9 Å². The van der Waals surface area contributed by atoms with Crippen LogP contribution in [0.5, 0.6) is 5.75 Å². The number of nitrogens with one attached hydrogen (secondary N) is 1. The highest BCUT2D eigenvalue weighted by Gasteiger charge is 2.37. The molecule has 1 aliphatic rings. The third kappa shape index (κ3) is 3.62. The molecule has 1 aliphatic heterocycles. The van der Waals surface area contributed by atoms with E-state index in [2.05, 4.69) is 19.2 Å². The van der Waals surface area contributed by atoms with Crippen molar-refractivity contribution in [1.82, 2.24) is 15.1 Å². The lowest BCUT2D eigenvalue weighted by Gasteiger charge is -2.14. The van der Waals surface area contributed by atoms with E-state index in [-0.39, 0.29) is 17.8 Å². The summed E-state index contributed by atoms with van der Waals surface area (Å²) in [6.45, 7) is 4.69. The van der Waals surface area contributed by atoms with E-state index in [4.69, 9.17) is 9.84 Å². The Labute approximate surface area is 169 Å². The van der Waals surface area contributed by atoms with Crippen molar-refractivity contribution in [3.05, 3.63) is 82.4 Å². The molecule has 3 aromatic rings. The van der Waals surface area contributed by atoms with Crippen LogP contribution in [0.25, 0.3) is 0 Å². The predicted octanol–water partition coefficient (Wildman–Crippen LogP) is 4.11. The Bertz CT molecular complexity index is 1040. The van der Waals surface area contributed by atoms with E-state index >= 15 is 0 Å². The molecule has 2 aromatic carbocycles. The summed E-state index contributed by atoms with van der Waals surface area (Å²) in [4.78, 5) is 12.9. The van der Waals surface area contributed by atoms with Crippen LogP contribution in [-0.2, 0) is 13.0 Å². The normalized spacial score (nSPS) is 15.5. The van der Waals surface area contributed by atoms with E-state index in [1.807, 2.05) is 24.3 Å². The topological polar surface area (TPSA) is 56.2 Å². The Morgan fingerprint density at radius 1 is 1.17 bits per heavy atom. The molecule has 1 amide bonds. The van der Waals surface area contributed by atoms with Gasteiger partial charge in [0.1, 0.15) is 17.3 Å². The Balaban J connectivity index is 1.80. The molecule has 0 fully saturated rings. The SMILES string of the molecule is COc1ccccc1Cn1nc(CC(C)C)c2c1C(=O)NC2c1ccc(F)cc1. The summed E-state index contributed by atoms with van der Waals surface area (Å²) < 4.78 is 20.6. The van der Waals surface area contributed by atoms with Gasteiger partial charge in [0.15, 0.2) is 0 Å². The maximum Gasteiger partial charge on any atom is 0.270 e. The molecule has 1 unspecified atom stereocenters. The first kappa shape index (κ1) is 19.2. The zero-order valence-electron chi connectivity index (χ0n) is 16.8. The average molecular weight is 393 g/mol. The van der Waals surface area contributed by atoms with Crippen LogP contribution in [0, 0.1) is 11.7 Å². The van der Waals surface area contributed by atoms with Crippen molar-refractivity contribution in [2.24, 2.45) is 5.92 Å². The summed E-state index contributed by atoms with van der Waals surface area (Å²) in [5.74, 6) is 0.688. The van der Waals surface area contributed by atoms with Crippen molar-refractivity contribution in [3.63, 3.8) is 0 Å². The number of hydrogen-bond donors (Lipinski definition) is 1. The first-order chi connectivity index (χ1) is 14.0. The van der Waals surface area contributed by atoms with E-state index in [0.29, 0.717) is 18.2 Å². The van der Waals surface area contributed by atoms with Crippen LogP contribution in [0.15, 0.2) is 48.5 Å². The number of para-hydroxylation sites is 1. The number of aromatic nitrogens is 2. The van der Waals surface area contributed by atoms with Crippen LogP contribution in [0.4, 0.5) is 4.39 Å². The first-order valence-corrected chi connectivity index (χ1v) is 9.75. The lowest BCUT2D eigenvalue weighted by molar-refractivity contribution is 0.0950. The summed E-state index contributed by atoms with van der Waals surface area (Å²) in [7, 11) is 1.63. The number of methoxy groups -OCH3 is 1. The van der Waals surface area contributed by atoms with Gasteiger partial charge in [-0.05, 0) is 36.1 Å². The van der Waals surface area contributed by atoms with Crippen LogP contribution in [0.2, 0.25) is 0 Å². The van der Waals surface area contributed by atoms with Gasteiger partial charge in [0.25, 0.3) is 5.91 Å². The second-order valence-corrected chi connectivity index (χ2v) is 7.73. The van der Waals surface area contributed by atoms with Gasteiger partial charge >= 0.3 is 0 Å². The molecule has 6 heteroatoms. The number of carbonyl (C=O) groups is 1. The molecule has 1 atom stereocenters. The molecule has 0 saturated carbocycles. The standard InChI is InChI=1S/C23H24FN3O2/c1-14(2)12-18-20-21(15-8-10-17(24)11-9-15)25-23(28)22(20)27(26-18)13-16-6-4-5-7-19(16)29-3/h4-11,14,21H,12-13H2,1-3H3,(H,25,28). The van der Waals surface area contributed by atoms with E-state index in [0.717, 1.165) is 34.6 Å². The molecule has 1 aromatic heterocycles. The van der Waals surface area contributed by atoms with Crippen molar-refractivity contribution < 1.29 is 13.9 Å². The van der Waals surface area contributed by atoms with Gasteiger partial charge in [-0.3, -0.25) is 9.48 Å². The second-order valence-electron chi connectivity index (χ2n) is 7.73. The van der Waals surface area contributed by atoms with E-state index in [1.165, 1.54) is 12.1 Å². The van der Waals surface area contributed by atoms with Gasteiger partial charge in [-0.2, -0.15) is 5.10 Å². The van der Waals surface area contributed by atoms with Crippen molar-refractivity contribution >= 4 is 5.91 Å². The lowest BCUT2D eigenvalue weighted by Crippen LogP contribution is -2.23. The molecule has 5 nitrogen and oxygen atoms in total. The van der Waals surface area contributed by atoms with E-state index in [1.54, 1.807) is 23.9 Å². The molecular formula is C23H24FN3O2. The van der Waals surface area contributed by atoms with Crippen LogP contribution < -0.4 is 10.1 Å². The van der Waals surface area contributed by atoms with Crippen molar-refractivity contribution in [2.75, 3.05) is 7.11 Å². The summed E-state index contributed by atoms with van der Waals surface area (Å²) in [6.07, 6.45) is 0.758. The van der Waals surface area contributed by atoms with Crippen LogP contribution in [0.3, 0.4) is 0 Å². The van der Waals surface area contributed by atoms with Gasteiger partial charge < -0.3 is 10.1 Å². The van der Waals surface area contributed by atoms with E-state index in [9.17, 15) is 9.18 Å². The number of amides is 1. The van der Waals surface area contributed by atoms with Gasteiger partial charge in [-0.15, -0.1) is 0 Å². The summed E-state index contributed by atoms with van der Waals surface area (Å²) >= 11 is 0. The molecule has 0 radical (unpaired) electrons. The Hall–Kier alpha value is -3.15. The van der Waals surface area contributed by atoms with Crippen LogP contribution in [0.1, 0.15) is 52.8 Å². The molecule has 2 heterocycles. The van der Waals surface area contributed by atoms with Crippen LogP contribution >= 0.6 is 0 Å². The molecule has 0 aliphatic carbocycles. The van der Waals surface area contributed by atoms with Gasteiger partial charge in [-0.25, -0.2) is 4.39 Å². The average Bonchev–Trinajstić information content (AvgIpc) is 3.21. The number of ether oxygens (including phenoxy) is 1. The third-order valence-electron chi connectivity index (χ3n) is 5.16. The largest absolute Gasteiger partial charge is 0.496 e. The Morgan fingerprint density at radius 3 is 2.59 bits per heavy atom. The van der Waals surface area contributed by atoms with Crippen molar-refractivity contribution in [3.8, 4) is 5.75 Å². The second kappa shape index (κ2) is 7.70. The fraction of sp³-hybridized carbons (Fsp3) is 0.304. The van der Waals surface area contributed by atoms with Crippen molar-refractivity contribution in [1.29, 1.82) is 0 Å². The number of hydrogen-bond acceptors (Lipinski definition) is 3. The summed E-state index contributed by atoms with van der Waals surface area (Å²) in [5.41, 5.74) is 4.17. The molecule has 0 spiro atoms. The monoisotopic (exact) mass is 393 g/mol. The number of carbonyl (C=O) groups excluding carboxylic acids is 1. The zero-order chi connectivity index (χ0) is 20.5. The number of benzene rings is 2. The molecule has 150 valence electrons. The molecule has 29 heavy (non-hydrogen) atoms. The maximum absolute atomic E-state index is 13.4. The highest BCUT2D eigenvalue weighted by Crippen LogP contribution is 2.35. The highest BCUT2D eigenvalue weighted by molar-refractivity contribution is 5.98. The fourth-order valence-electron chi connectivity index (χ4n) is 3.89. The zero-order valence-corrected chi connectivity index (χ0v) is 16.8. The quantitative estimate of drug-likeness (QED) is 0.686. The molecule has 0 bridgehead atoms. The fourth-order valence-corrected chi connectivity index (χ4v) is 3.89. The minimum atomic E-state index is -0.321. The van der Waals surface area contributed by atoms with E-state index < -0.39 is 0 Å². The number of halogens is 1. The summed E-state index contributed by atoms with van der Waals surface area (Å²) in [6, 6.07) is 13.7. The molecular weight excluding hydrogens is 369 g/mol. The van der Waals surface area contributed by atoms with Crippen LogP contribution in [-0.4, -0.2) is 22.8 Å². The maximum atomic E-state index is 13.4. The molecule has 4 rings (SSSR count). The minimum Gasteiger partial charge on any atom is -0.496 e. The van der Waals surface area contributed by atoms with Gasteiger partial charge in [0, 0.05) is 11.1 Å². The predicted molar refractivity (Wildman–Crippen MR) is 109 cm³/mol.